The van der Waals surface area contributed by atoms with Crippen LogP contribution in [-0.2, 0) is 11.3 Å². The molecule has 0 fully saturated rings. The average Bonchev–Trinajstić information content (AvgIpc) is 3.20. The molecule has 1 unspecified atom stereocenters. The summed E-state index contributed by atoms with van der Waals surface area (Å²) in [5.74, 6) is 0.195. The Kier molecular flexibility index (Phi) is 3.98. The summed E-state index contributed by atoms with van der Waals surface area (Å²) in [7, 11) is 0. The van der Waals surface area contributed by atoms with Crippen molar-refractivity contribution in [2.75, 3.05) is 5.32 Å². The molecule has 3 aromatic heterocycles. The van der Waals surface area contributed by atoms with Crippen molar-refractivity contribution in [2.45, 2.75) is 19.5 Å². The van der Waals surface area contributed by atoms with Crippen LogP contribution in [-0.4, -0.2) is 26.3 Å². The minimum atomic E-state index is -0.687. The van der Waals surface area contributed by atoms with Crippen molar-refractivity contribution in [1.29, 1.82) is 0 Å². The maximum absolute atomic E-state index is 12.1. The van der Waals surface area contributed by atoms with E-state index in [1.54, 1.807) is 30.6 Å². The summed E-state index contributed by atoms with van der Waals surface area (Å²) in [6.45, 7) is 1.85. The number of furan rings is 1. The van der Waals surface area contributed by atoms with Gasteiger partial charge in [-0.3, -0.25) is 4.79 Å². The third kappa shape index (κ3) is 3.01. The van der Waals surface area contributed by atoms with Gasteiger partial charge in [-0.2, -0.15) is 9.38 Å². The number of rotatable bonds is 6. The van der Waals surface area contributed by atoms with Crippen LogP contribution in [0.1, 0.15) is 12.7 Å². The van der Waals surface area contributed by atoms with Crippen LogP contribution >= 0.6 is 11.3 Å². The quantitative estimate of drug-likeness (QED) is 0.526. The van der Waals surface area contributed by atoms with Crippen LogP contribution in [0.2, 0.25) is 0 Å². The second-order valence-electron chi connectivity index (χ2n) is 4.76. The third-order valence-corrected chi connectivity index (χ3v) is 3.93. The maximum Gasteiger partial charge on any atom is 0.372 e. The second-order valence-corrected chi connectivity index (χ2v) is 5.63. The zero-order chi connectivity index (χ0) is 16.4. The van der Waals surface area contributed by atoms with Gasteiger partial charge < -0.3 is 25.2 Å². The maximum atomic E-state index is 12.1. The molecule has 3 aromatic rings. The van der Waals surface area contributed by atoms with Gasteiger partial charge in [-0.05, 0) is 24.0 Å². The Labute approximate surface area is 134 Å². The lowest BCUT2D eigenvalue weighted by molar-refractivity contribution is -0.389. The molecular formula is C13H13N5O4S. The highest BCUT2D eigenvalue weighted by Gasteiger charge is 2.26. The average molecular weight is 335 g/mol. The predicted molar refractivity (Wildman–Crippen MR) is 83.4 cm³/mol. The first-order chi connectivity index (χ1) is 11.1. The van der Waals surface area contributed by atoms with Gasteiger partial charge in [-0.1, -0.05) is 11.3 Å². The standard InChI is InChI=1S/C13H13N5O4S/c1-8(11(19)14-7-9-3-2-5-22-9)15-10-12(18(20)21)17-4-6-23-13(17)16-10/h2-6,8,15H,7H2,1H3,(H,14,19). The largest absolute Gasteiger partial charge is 0.467 e. The molecule has 1 amide bonds. The summed E-state index contributed by atoms with van der Waals surface area (Å²) in [5, 5.41) is 18.4. The smallest absolute Gasteiger partial charge is 0.372 e. The summed E-state index contributed by atoms with van der Waals surface area (Å²) in [6.07, 6.45) is 3.09. The van der Waals surface area contributed by atoms with E-state index in [0.717, 1.165) is 0 Å². The lowest BCUT2D eigenvalue weighted by atomic mass is 10.3. The molecule has 0 aliphatic carbocycles. The summed E-state index contributed by atoms with van der Waals surface area (Å²) in [4.78, 5) is 27.4. The number of hydrogen-bond donors (Lipinski definition) is 2. The van der Waals surface area contributed by atoms with Crippen LogP contribution in [0.5, 0.6) is 0 Å². The number of fused-ring (bicyclic) bond motifs is 1. The predicted octanol–water partition coefficient (Wildman–Crippen LogP) is 2.01. The molecule has 1 atom stereocenters. The highest BCUT2D eigenvalue weighted by Crippen LogP contribution is 2.28. The zero-order valence-corrected chi connectivity index (χ0v) is 12.9. The van der Waals surface area contributed by atoms with Gasteiger partial charge in [0.1, 0.15) is 18.0 Å². The van der Waals surface area contributed by atoms with Gasteiger partial charge in [-0.15, -0.1) is 0 Å². The van der Waals surface area contributed by atoms with Crippen molar-refractivity contribution in [2.24, 2.45) is 0 Å². The van der Waals surface area contributed by atoms with E-state index in [1.807, 2.05) is 0 Å². The number of aromatic nitrogens is 2. The molecule has 9 nitrogen and oxygen atoms in total. The van der Waals surface area contributed by atoms with Gasteiger partial charge in [0.25, 0.3) is 4.96 Å². The minimum Gasteiger partial charge on any atom is -0.467 e. The molecule has 10 heteroatoms. The molecule has 0 radical (unpaired) electrons. The molecule has 0 bridgehead atoms. The van der Waals surface area contributed by atoms with Crippen LogP contribution in [0.15, 0.2) is 34.4 Å². The third-order valence-electron chi connectivity index (χ3n) is 3.17. The molecule has 23 heavy (non-hydrogen) atoms. The Hall–Kier alpha value is -2.88. The molecule has 0 aliphatic rings. The van der Waals surface area contributed by atoms with Gasteiger partial charge in [0.2, 0.25) is 11.7 Å². The van der Waals surface area contributed by atoms with Gasteiger partial charge in [0.05, 0.1) is 12.8 Å². The number of anilines is 1. The first-order valence-corrected chi connectivity index (χ1v) is 7.61. The van der Waals surface area contributed by atoms with E-state index >= 15 is 0 Å². The molecule has 2 N–H and O–H groups in total. The van der Waals surface area contributed by atoms with E-state index in [0.29, 0.717) is 10.7 Å². The fourth-order valence-electron chi connectivity index (χ4n) is 2.06. The molecule has 3 rings (SSSR count). The number of nitrogens with one attached hydrogen (secondary N) is 2. The molecule has 0 aromatic carbocycles. The highest BCUT2D eigenvalue weighted by atomic mass is 32.1. The van der Waals surface area contributed by atoms with Crippen molar-refractivity contribution in [1.82, 2.24) is 14.7 Å². The minimum absolute atomic E-state index is 0.0718. The number of imidazole rings is 1. The topological polar surface area (TPSA) is 115 Å². The number of hydrogen-bond acceptors (Lipinski definition) is 7. The van der Waals surface area contributed by atoms with E-state index in [-0.39, 0.29) is 24.1 Å². The number of nitrogens with zero attached hydrogens (tertiary/aromatic N) is 3. The zero-order valence-electron chi connectivity index (χ0n) is 12.1. The van der Waals surface area contributed by atoms with Crippen molar-refractivity contribution in [3.05, 3.63) is 45.8 Å². The van der Waals surface area contributed by atoms with Gasteiger partial charge >= 0.3 is 5.82 Å². The summed E-state index contributed by atoms with van der Waals surface area (Å²) >= 11 is 1.28. The molecule has 0 saturated heterocycles. The molecule has 0 spiro atoms. The van der Waals surface area contributed by atoms with E-state index < -0.39 is 11.0 Å². The molecule has 3 heterocycles. The first kappa shape index (κ1) is 15.0. The van der Waals surface area contributed by atoms with Crippen LogP contribution in [0.3, 0.4) is 0 Å². The second kappa shape index (κ2) is 6.08. The van der Waals surface area contributed by atoms with Crippen LogP contribution in [0, 0.1) is 10.1 Å². The Balaban J connectivity index is 1.70. The number of nitro groups is 1. The highest BCUT2D eigenvalue weighted by molar-refractivity contribution is 7.15. The van der Waals surface area contributed by atoms with E-state index in [4.69, 9.17) is 4.42 Å². The van der Waals surface area contributed by atoms with Gasteiger partial charge in [0, 0.05) is 5.38 Å². The van der Waals surface area contributed by atoms with Crippen molar-refractivity contribution in [3.8, 4) is 0 Å². The lowest BCUT2D eigenvalue weighted by Gasteiger charge is -2.12. The van der Waals surface area contributed by atoms with Crippen LogP contribution in [0.25, 0.3) is 4.96 Å². The van der Waals surface area contributed by atoms with Crippen molar-refractivity contribution < 1.29 is 14.1 Å². The number of amides is 1. The van der Waals surface area contributed by atoms with E-state index in [1.165, 1.54) is 22.0 Å². The fraction of sp³-hybridized carbons (Fsp3) is 0.231. The van der Waals surface area contributed by atoms with Crippen molar-refractivity contribution >= 4 is 33.8 Å². The summed E-state index contributed by atoms with van der Waals surface area (Å²) in [6, 6.07) is 2.78. The Bertz CT molecular complexity index is 838. The van der Waals surface area contributed by atoms with E-state index in [9.17, 15) is 14.9 Å². The monoisotopic (exact) mass is 335 g/mol. The van der Waals surface area contributed by atoms with Crippen molar-refractivity contribution in [3.63, 3.8) is 0 Å². The Morgan fingerprint density at radius 3 is 3.13 bits per heavy atom. The molecule has 0 aliphatic heterocycles. The van der Waals surface area contributed by atoms with E-state index in [2.05, 4.69) is 15.6 Å². The Morgan fingerprint density at radius 1 is 1.61 bits per heavy atom. The normalized spacial score (nSPS) is 12.2. The van der Waals surface area contributed by atoms with Gasteiger partial charge in [-0.25, -0.2) is 0 Å². The molecule has 0 saturated carbocycles. The van der Waals surface area contributed by atoms with Gasteiger partial charge in [0.15, 0.2) is 0 Å². The molecule has 120 valence electrons. The van der Waals surface area contributed by atoms with Crippen LogP contribution < -0.4 is 10.6 Å². The lowest BCUT2D eigenvalue weighted by Crippen LogP contribution is -2.37. The summed E-state index contributed by atoms with van der Waals surface area (Å²) in [5.41, 5.74) is 0. The Morgan fingerprint density at radius 2 is 2.43 bits per heavy atom. The fourth-order valence-corrected chi connectivity index (χ4v) is 2.77. The number of carbonyl (C=O) groups excluding carboxylic acids is 1. The summed E-state index contributed by atoms with van der Waals surface area (Å²) < 4.78 is 6.50. The molecular weight excluding hydrogens is 322 g/mol. The first-order valence-electron chi connectivity index (χ1n) is 6.73. The van der Waals surface area contributed by atoms with Crippen LogP contribution in [0.4, 0.5) is 11.6 Å². The number of carbonyl (C=O) groups is 1. The SMILES string of the molecule is CC(Nc1nc2sccn2c1[N+](=O)[O-])C(=O)NCc1ccco1. The number of thiazole rings is 1.